The first-order chi connectivity index (χ1) is 47.7. The second kappa shape index (κ2) is 22.3. The summed E-state index contributed by atoms with van der Waals surface area (Å²) < 4.78 is 9.28. The van der Waals surface area contributed by atoms with Crippen molar-refractivity contribution < 1.29 is 0 Å². The molecule has 0 aliphatic rings. The maximum atomic E-state index is 5.22. The molecule has 448 valence electrons. The molecule has 10 heteroatoms. The van der Waals surface area contributed by atoms with Crippen molar-refractivity contribution in [2.24, 2.45) is 0 Å². The first-order valence-corrected chi connectivity index (χ1v) is 32.3. The average molecular weight is 1230 g/mol. The smallest absolute Gasteiger partial charge is 0.238 e. The Morgan fingerprint density at radius 2 is 0.469 bits per heavy atom. The normalized spacial score (nSPS) is 11.8. The van der Waals surface area contributed by atoms with E-state index in [4.69, 9.17) is 29.9 Å². The van der Waals surface area contributed by atoms with Gasteiger partial charge >= 0.3 is 0 Å². The molecule has 6 heterocycles. The summed E-state index contributed by atoms with van der Waals surface area (Å²) in [7, 11) is 0. The lowest BCUT2D eigenvalue weighted by Crippen LogP contribution is -2.07. The van der Waals surface area contributed by atoms with Gasteiger partial charge < -0.3 is 9.13 Å². The highest BCUT2D eigenvalue weighted by molar-refractivity contribution is 6.29. The fourth-order valence-electron chi connectivity index (χ4n) is 14.5. The molecule has 0 spiro atoms. The standard InChI is InChI=1S/2C43H27N5/c1-4-14-28(15-5-1)41-44-42(29-16-6-2-7-17-29)46-43(45-41)48-38-23-13-11-21-32(38)34-25-26-35-36(40(34)48)27-24-33-31-20-10-12-22-37(31)47(39(33)35)30-18-8-3-9-19-30;1-4-15-29(16-5-1)41-44-42(30-17-6-2-7-18-30)46-43(45-41)48-36-23-13-12-22-33(36)34-25-26-35-38-32-21-11-10-14-28(32)24-27-37(38)47(40(35)39(34)48)31-19-8-3-9-20-31/h2*1-27H. The number of rotatable bonds is 8. The summed E-state index contributed by atoms with van der Waals surface area (Å²) in [5.74, 6) is 3.70. The molecule has 20 aromatic rings. The fourth-order valence-corrected chi connectivity index (χ4v) is 14.5. The third-order valence-electron chi connectivity index (χ3n) is 18.7. The maximum Gasteiger partial charge on any atom is 0.238 e. The van der Waals surface area contributed by atoms with E-state index in [1.54, 1.807) is 0 Å². The second-order valence-corrected chi connectivity index (χ2v) is 24.2. The van der Waals surface area contributed by atoms with Gasteiger partial charge in [0.25, 0.3) is 0 Å². The summed E-state index contributed by atoms with van der Waals surface area (Å²) >= 11 is 0. The average Bonchev–Trinajstić information content (AvgIpc) is 1.55. The van der Waals surface area contributed by atoms with Crippen molar-refractivity contribution in [3.05, 3.63) is 328 Å². The molecule has 0 unspecified atom stereocenters. The Labute approximate surface area is 550 Å². The summed E-state index contributed by atoms with van der Waals surface area (Å²) in [5.41, 5.74) is 14.9. The predicted molar refractivity (Wildman–Crippen MR) is 394 cm³/mol. The van der Waals surface area contributed by atoms with Crippen LogP contribution in [0.4, 0.5) is 0 Å². The Bertz CT molecular complexity index is 6300. The minimum absolute atomic E-state index is 0.580. The highest BCUT2D eigenvalue weighted by atomic mass is 15.2. The van der Waals surface area contributed by atoms with Crippen LogP contribution >= 0.6 is 0 Å². The SMILES string of the molecule is c1ccc(-c2nc(-c3ccccc3)nc(-n3c4ccccc4c4ccc5c(ccc6c7ccccc7n(-c7ccccc7)c65)c43)n2)cc1.c1ccc(-c2nc(-c3ccccc3)nc(-n3c4ccccc4c4ccc5c6c7ccccc7ccc6n(-c6ccccc6)c5c43)n2)cc1. The lowest BCUT2D eigenvalue weighted by Gasteiger charge is -2.13. The lowest BCUT2D eigenvalue weighted by molar-refractivity contribution is 0.953. The van der Waals surface area contributed by atoms with Crippen LogP contribution in [0.5, 0.6) is 0 Å². The van der Waals surface area contributed by atoms with E-state index >= 15 is 0 Å². The molecular formula is C86H54N10. The van der Waals surface area contributed by atoms with Crippen molar-refractivity contribution in [3.63, 3.8) is 0 Å². The van der Waals surface area contributed by atoms with E-state index in [0.29, 0.717) is 35.2 Å². The minimum atomic E-state index is 0.580. The van der Waals surface area contributed by atoms with E-state index in [9.17, 15) is 0 Å². The maximum absolute atomic E-state index is 5.22. The summed E-state index contributed by atoms with van der Waals surface area (Å²) in [5, 5.41) is 14.2. The number of hydrogen-bond acceptors (Lipinski definition) is 6. The number of nitrogens with zero attached hydrogens (tertiary/aromatic N) is 10. The molecule has 0 bridgehead atoms. The molecule has 0 fully saturated rings. The molecule has 0 N–H and O–H groups in total. The van der Waals surface area contributed by atoms with Gasteiger partial charge in [-0.1, -0.05) is 279 Å². The highest BCUT2D eigenvalue weighted by Crippen LogP contribution is 2.45. The highest BCUT2D eigenvalue weighted by Gasteiger charge is 2.26. The van der Waals surface area contributed by atoms with Gasteiger partial charge in [-0.15, -0.1) is 0 Å². The number of benzene rings is 14. The van der Waals surface area contributed by atoms with Crippen molar-refractivity contribution in [2.75, 3.05) is 0 Å². The van der Waals surface area contributed by atoms with Crippen molar-refractivity contribution in [1.29, 1.82) is 0 Å². The van der Waals surface area contributed by atoms with E-state index in [2.05, 4.69) is 249 Å². The van der Waals surface area contributed by atoms with Gasteiger partial charge in [0.05, 0.1) is 44.1 Å². The van der Waals surface area contributed by atoms with Gasteiger partial charge in [-0.3, -0.25) is 9.13 Å². The molecule has 0 aliphatic heterocycles. The topological polar surface area (TPSA) is 97.1 Å². The Morgan fingerprint density at radius 3 is 0.896 bits per heavy atom. The van der Waals surface area contributed by atoms with Gasteiger partial charge in [0.2, 0.25) is 11.9 Å². The van der Waals surface area contributed by atoms with Gasteiger partial charge in [-0.25, -0.2) is 9.97 Å². The molecule has 0 saturated heterocycles. The zero-order valence-corrected chi connectivity index (χ0v) is 51.6. The van der Waals surface area contributed by atoms with E-state index in [-0.39, 0.29) is 0 Å². The van der Waals surface area contributed by atoms with E-state index < -0.39 is 0 Å². The van der Waals surface area contributed by atoms with E-state index in [1.807, 2.05) is 97.1 Å². The van der Waals surface area contributed by atoms with Gasteiger partial charge in [-0.2, -0.15) is 19.9 Å². The van der Waals surface area contributed by atoms with Gasteiger partial charge in [0.15, 0.2) is 23.3 Å². The van der Waals surface area contributed by atoms with Gasteiger partial charge in [-0.05, 0) is 59.3 Å². The quantitative estimate of drug-likeness (QED) is 0.150. The summed E-state index contributed by atoms with van der Waals surface area (Å²) in [6, 6.07) is 114. The molecule has 20 rings (SSSR count). The van der Waals surface area contributed by atoms with Crippen molar-refractivity contribution in [1.82, 2.24) is 48.2 Å². The van der Waals surface area contributed by atoms with E-state index in [1.165, 1.54) is 48.7 Å². The fraction of sp³-hybridized carbons (Fsp3) is 0. The molecule has 0 amide bonds. The second-order valence-electron chi connectivity index (χ2n) is 24.2. The molecule has 10 nitrogen and oxygen atoms in total. The van der Waals surface area contributed by atoms with Crippen molar-refractivity contribution >= 4 is 109 Å². The summed E-state index contributed by atoms with van der Waals surface area (Å²) in [6.07, 6.45) is 0. The summed E-state index contributed by atoms with van der Waals surface area (Å²) in [6.45, 7) is 0. The van der Waals surface area contributed by atoms with Crippen LogP contribution in [0.25, 0.3) is 178 Å². The lowest BCUT2D eigenvalue weighted by atomic mass is 10.0. The monoisotopic (exact) mass is 1230 g/mol. The number of aromatic nitrogens is 10. The van der Waals surface area contributed by atoms with Gasteiger partial charge in [0.1, 0.15) is 0 Å². The van der Waals surface area contributed by atoms with Crippen LogP contribution in [-0.4, -0.2) is 48.2 Å². The zero-order chi connectivity index (χ0) is 63.2. The van der Waals surface area contributed by atoms with Crippen LogP contribution in [0, 0.1) is 0 Å². The molecule has 0 radical (unpaired) electrons. The molecule has 0 atom stereocenters. The van der Waals surface area contributed by atoms with Crippen LogP contribution in [0.2, 0.25) is 0 Å². The van der Waals surface area contributed by atoms with Crippen LogP contribution in [0.3, 0.4) is 0 Å². The Hall–Kier alpha value is -13.2. The Balaban J connectivity index is 0.000000135. The number of hydrogen-bond donors (Lipinski definition) is 0. The molecule has 6 aromatic heterocycles. The third-order valence-corrected chi connectivity index (χ3v) is 18.7. The van der Waals surface area contributed by atoms with Crippen LogP contribution < -0.4 is 0 Å². The van der Waals surface area contributed by atoms with Crippen LogP contribution in [0.15, 0.2) is 328 Å². The molecule has 0 aliphatic carbocycles. The zero-order valence-electron chi connectivity index (χ0n) is 51.6. The van der Waals surface area contributed by atoms with E-state index in [0.717, 1.165) is 93.7 Å². The summed E-state index contributed by atoms with van der Waals surface area (Å²) in [4.78, 5) is 30.8. The van der Waals surface area contributed by atoms with Crippen molar-refractivity contribution in [3.8, 4) is 68.8 Å². The first-order valence-electron chi connectivity index (χ1n) is 32.3. The predicted octanol–water partition coefficient (Wildman–Crippen LogP) is 21.1. The largest absolute Gasteiger partial charge is 0.309 e. The Morgan fingerprint density at radius 1 is 0.177 bits per heavy atom. The third kappa shape index (κ3) is 8.73. The molecule has 96 heavy (non-hydrogen) atoms. The minimum Gasteiger partial charge on any atom is -0.309 e. The number of fused-ring (bicyclic) bond motifs is 18. The van der Waals surface area contributed by atoms with Crippen molar-refractivity contribution in [2.45, 2.75) is 0 Å². The number of para-hydroxylation sites is 5. The van der Waals surface area contributed by atoms with Crippen LogP contribution in [-0.2, 0) is 0 Å². The molecular weight excluding hydrogens is 1170 g/mol. The van der Waals surface area contributed by atoms with Crippen LogP contribution in [0.1, 0.15) is 0 Å². The Kier molecular flexibility index (Phi) is 12.7. The van der Waals surface area contributed by atoms with Gasteiger partial charge in [0, 0.05) is 87.5 Å². The molecule has 14 aromatic carbocycles. The first kappa shape index (κ1) is 54.5. The molecule has 0 saturated carbocycles.